The Morgan fingerprint density at radius 2 is 0.242 bits per heavy atom. The molecule has 66 heavy (non-hydrogen) atoms. The molecule has 7 rings (SSSR count). The fourth-order valence-corrected chi connectivity index (χ4v) is 7.44. The first kappa shape index (κ1) is 47.2. The molecule has 0 fully saturated rings. The van der Waals surface area contributed by atoms with Gasteiger partial charge >= 0.3 is 37.1 Å². The monoisotopic (exact) mass is 942 g/mol. The minimum Gasteiger partial charge on any atom is -0.166 e. The smallest absolute Gasteiger partial charge is 0.166 e. The topological polar surface area (TPSA) is 0 Å². The lowest BCUT2D eigenvalue weighted by molar-refractivity contribution is -0.138. The molecule has 7 aromatic rings. The van der Waals surface area contributed by atoms with Crippen LogP contribution in [-0.4, -0.2) is 0 Å². The summed E-state index contributed by atoms with van der Waals surface area (Å²) in [7, 11) is 0. The second kappa shape index (κ2) is 16.6. The van der Waals surface area contributed by atoms with E-state index in [1.165, 1.54) is 0 Å². The van der Waals surface area contributed by atoms with Crippen molar-refractivity contribution in [1.29, 1.82) is 0 Å². The third-order valence-corrected chi connectivity index (χ3v) is 10.5. The Morgan fingerprint density at radius 1 is 0.152 bits per heavy atom. The highest BCUT2D eigenvalue weighted by atomic mass is 19.4. The van der Waals surface area contributed by atoms with Gasteiger partial charge in [-0.1, -0.05) is 72.8 Å². The number of benzene rings is 7. The molecule has 0 saturated heterocycles. The highest BCUT2D eigenvalue weighted by Crippen LogP contribution is 2.57. The first-order valence-corrected chi connectivity index (χ1v) is 18.8. The molecule has 0 heterocycles. The van der Waals surface area contributed by atoms with Crippen molar-refractivity contribution >= 4 is 0 Å². The summed E-state index contributed by atoms with van der Waals surface area (Å²) in [5.41, 5.74) is -10.7. The summed E-state index contributed by atoms with van der Waals surface area (Å²) in [4.78, 5) is 0. The molecule has 342 valence electrons. The van der Waals surface area contributed by atoms with Gasteiger partial charge in [0.25, 0.3) is 0 Å². The predicted molar refractivity (Wildman–Crippen MR) is 209 cm³/mol. The average Bonchev–Trinajstić information content (AvgIpc) is 3.24. The van der Waals surface area contributed by atoms with E-state index in [-0.39, 0.29) is 66.8 Å². The molecule has 7 aromatic carbocycles. The second-order valence-electron chi connectivity index (χ2n) is 14.7. The van der Waals surface area contributed by atoms with Crippen LogP contribution in [0.2, 0.25) is 0 Å². The third kappa shape index (κ3) is 9.63. The average molecular weight is 943 g/mol. The number of hydrogen-bond donors (Lipinski definition) is 0. The van der Waals surface area contributed by atoms with Crippen molar-refractivity contribution in [1.82, 2.24) is 0 Å². The molecule has 0 spiro atoms. The van der Waals surface area contributed by atoms with E-state index < -0.39 is 70.4 Å². The van der Waals surface area contributed by atoms with Crippen molar-refractivity contribution in [2.75, 3.05) is 0 Å². The van der Waals surface area contributed by atoms with Gasteiger partial charge in [-0.2, -0.15) is 79.0 Å². The molecule has 0 aliphatic rings. The maximum atomic E-state index is 14.0. The summed E-state index contributed by atoms with van der Waals surface area (Å²) in [5, 5.41) is 0. The van der Waals surface area contributed by atoms with Crippen LogP contribution in [-0.2, 0) is 37.1 Å². The third-order valence-electron chi connectivity index (χ3n) is 10.5. The van der Waals surface area contributed by atoms with Gasteiger partial charge in [-0.3, -0.25) is 0 Å². The normalized spacial score (nSPS) is 13.0. The first-order valence-electron chi connectivity index (χ1n) is 18.8. The van der Waals surface area contributed by atoms with Gasteiger partial charge in [0.05, 0.1) is 33.4 Å². The van der Waals surface area contributed by atoms with Crippen molar-refractivity contribution < 1.29 is 79.0 Å². The lowest BCUT2D eigenvalue weighted by atomic mass is 9.74. The van der Waals surface area contributed by atoms with Crippen LogP contribution in [0.25, 0.3) is 66.8 Å². The van der Waals surface area contributed by atoms with Gasteiger partial charge in [0.15, 0.2) is 0 Å². The van der Waals surface area contributed by atoms with Gasteiger partial charge < -0.3 is 0 Å². The number of rotatable bonds is 6. The van der Waals surface area contributed by atoms with Gasteiger partial charge in [0, 0.05) is 0 Å². The molecule has 0 saturated carbocycles. The van der Waals surface area contributed by atoms with E-state index in [4.69, 9.17) is 0 Å². The van der Waals surface area contributed by atoms with Crippen LogP contribution < -0.4 is 0 Å². The molecular formula is C48H24F18. The summed E-state index contributed by atoms with van der Waals surface area (Å²) in [6.45, 7) is 0. The Balaban J connectivity index is 1.80. The maximum Gasteiger partial charge on any atom is 0.416 e. The molecule has 0 amide bonds. The summed E-state index contributed by atoms with van der Waals surface area (Å²) in [6, 6.07) is 17.7. The Bertz CT molecular complexity index is 2300. The van der Waals surface area contributed by atoms with Crippen LogP contribution in [0.4, 0.5) is 79.0 Å². The van der Waals surface area contributed by atoms with Gasteiger partial charge in [-0.05, 0) is 140 Å². The SMILES string of the molecule is FC(F)(F)c1ccc(-c2c(-c3ccc(C(F)(F)F)cc3)c(-c3ccc(C(F)(F)F)cc3)c(-c3ccc(C(F)(F)F)cc3)c(-c3ccc(C(F)(F)F)cc3)c2-c2ccc(C(F)(F)F)cc2)cc1. The molecule has 0 radical (unpaired) electrons. The van der Waals surface area contributed by atoms with Gasteiger partial charge in [-0.25, -0.2) is 0 Å². The largest absolute Gasteiger partial charge is 0.416 e. The lowest BCUT2D eigenvalue weighted by Gasteiger charge is -2.29. The van der Waals surface area contributed by atoms with Crippen LogP contribution in [0.3, 0.4) is 0 Å². The number of halogens is 18. The van der Waals surface area contributed by atoms with Crippen LogP contribution in [0.1, 0.15) is 33.4 Å². The minimum absolute atomic E-state index is 0.243. The quantitative estimate of drug-likeness (QED) is 0.146. The van der Waals surface area contributed by atoms with Crippen LogP contribution >= 0.6 is 0 Å². The lowest BCUT2D eigenvalue weighted by Crippen LogP contribution is -2.08. The first-order chi connectivity index (χ1) is 30.5. The van der Waals surface area contributed by atoms with E-state index in [1.807, 2.05) is 0 Å². The molecule has 0 bridgehead atoms. The van der Waals surface area contributed by atoms with Crippen molar-refractivity contribution in [2.45, 2.75) is 37.1 Å². The van der Waals surface area contributed by atoms with Crippen LogP contribution in [0, 0.1) is 0 Å². The fourth-order valence-electron chi connectivity index (χ4n) is 7.44. The van der Waals surface area contributed by atoms with Gasteiger partial charge in [0.2, 0.25) is 0 Å². The Kier molecular flexibility index (Phi) is 11.9. The fraction of sp³-hybridized carbons (Fsp3) is 0.125. The minimum atomic E-state index is -4.96. The van der Waals surface area contributed by atoms with Crippen molar-refractivity contribution in [3.05, 3.63) is 179 Å². The Morgan fingerprint density at radius 3 is 0.318 bits per heavy atom. The van der Waals surface area contributed by atoms with Crippen LogP contribution in [0.15, 0.2) is 146 Å². The number of hydrogen-bond acceptors (Lipinski definition) is 0. The molecule has 0 aromatic heterocycles. The Labute approximate surface area is 361 Å². The van der Waals surface area contributed by atoms with Crippen LogP contribution in [0.5, 0.6) is 0 Å². The molecule has 0 N–H and O–H groups in total. The predicted octanol–water partition coefficient (Wildman–Crippen LogP) is 17.8. The second-order valence-corrected chi connectivity index (χ2v) is 14.7. The van der Waals surface area contributed by atoms with E-state index in [9.17, 15) is 79.0 Å². The number of alkyl halides is 18. The maximum absolute atomic E-state index is 14.0. The summed E-state index contributed by atoms with van der Waals surface area (Å²) < 4.78 is 252. The molecule has 0 unspecified atom stereocenters. The van der Waals surface area contributed by atoms with Gasteiger partial charge in [-0.15, -0.1) is 0 Å². The van der Waals surface area contributed by atoms with E-state index in [0.717, 1.165) is 72.8 Å². The van der Waals surface area contributed by atoms with E-state index in [2.05, 4.69) is 0 Å². The molecule has 0 aliphatic carbocycles. The van der Waals surface area contributed by atoms with E-state index in [0.29, 0.717) is 72.8 Å². The summed E-state index contributed by atoms with van der Waals surface area (Å²) in [6.07, 6.45) is -29.8. The standard InChI is InChI=1S/C48H24F18/c49-43(50,51)31-13-1-25(2-14-31)37-38(26-3-15-32(16-4-26)44(52,53)54)40(28-7-19-34(20-8-28)46(58,59)60)42(30-11-23-36(24-12-30)48(64,65)66)41(29-9-21-35(22-10-29)47(61,62)63)39(37)27-5-17-33(18-6-27)45(55,56)57/h1-24H. The summed E-state index contributed by atoms with van der Waals surface area (Å²) >= 11 is 0. The molecular weight excluding hydrogens is 918 g/mol. The van der Waals surface area contributed by atoms with E-state index in [1.54, 1.807) is 0 Å². The Hall–Kier alpha value is -6.72. The summed E-state index contributed by atoms with van der Waals surface area (Å²) in [5.74, 6) is 0. The zero-order chi connectivity index (χ0) is 48.4. The zero-order valence-corrected chi connectivity index (χ0v) is 32.7. The van der Waals surface area contributed by atoms with Crippen molar-refractivity contribution in [2.24, 2.45) is 0 Å². The molecule has 0 aliphatic heterocycles. The van der Waals surface area contributed by atoms with Gasteiger partial charge in [0.1, 0.15) is 0 Å². The van der Waals surface area contributed by atoms with E-state index >= 15 is 0 Å². The highest BCUT2D eigenvalue weighted by Gasteiger charge is 2.37. The molecule has 0 nitrogen and oxygen atoms in total. The van der Waals surface area contributed by atoms with Crippen molar-refractivity contribution in [3.8, 4) is 66.8 Å². The molecule has 0 atom stereocenters. The molecule has 18 heteroatoms. The van der Waals surface area contributed by atoms with Crippen molar-refractivity contribution in [3.63, 3.8) is 0 Å². The zero-order valence-electron chi connectivity index (χ0n) is 32.7. The highest BCUT2D eigenvalue weighted by molar-refractivity contribution is 6.15.